The molecule has 1 fully saturated rings. The number of guanidine groups is 1. The molecule has 5 aromatic rings. The van der Waals surface area contributed by atoms with Crippen LogP contribution < -0.4 is 60.2 Å². The maximum absolute atomic E-state index is 14.9. The second kappa shape index (κ2) is 27.6. The standard InChI is InChI=1S/C52H69N15O8/c1-2-3-14-36(53)46(70)64-43-26-44(68)58-20-9-8-16-38(45(54)69)62-49(73)41(24-33-27-60-37-15-7-6-13-35(33)37)66-47(71)39(17-10-21-59-52(55)56)63-48(72)40(23-30-18-19-31-11-4-5-12-32(31)22-30)65-50(74)42(67-51(43)75)25-34-28-57-29-61-34/h4-7,11-13,15,18-19,22,27-29,36,38-43,60H,2-3,8-10,14,16-17,20-21,23-26,53H2,1H3,(H2,54,69)(H,57,61)(H,58,68)(H,62,73)(H,63,72)(H,64,70)(H,65,74)(H,66,71)(H,67,75)(H4,55,56,59)/t36-,38-,39-,40+,41-,42-,43-/m0/s1. The summed E-state index contributed by atoms with van der Waals surface area (Å²) in [6.07, 6.45) is 6.14. The third-order valence-electron chi connectivity index (χ3n) is 12.9. The monoisotopic (exact) mass is 1030 g/mol. The topological polar surface area (TPSA) is 382 Å². The Hall–Kier alpha value is -8.34. The zero-order valence-electron chi connectivity index (χ0n) is 42.0. The summed E-state index contributed by atoms with van der Waals surface area (Å²) in [7, 11) is 0. The smallest absolute Gasteiger partial charge is 0.243 e. The van der Waals surface area contributed by atoms with Crippen LogP contribution in [0, 0.1) is 0 Å². The van der Waals surface area contributed by atoms with Crippen molar-refractivity contribution in [3.63, 3.8) is 0 Å². The number of carbonyl (C=O) groups excluding carboxylic acids is 8. The Morgan fingerprint density at radius 1 is 0.747 bits per heavy atom. The molecule has 400 valence electrons. The molecule has 17 N–H and O–H groups in total. The number of benzene rings is 3. The summed E-state index contributed by atoms with van der Waals surface area (Å²) in [5.41, 5.74) is 25.7. The molecule has 1 aliphatic rings. The fraction of sp³-hybridized carbons (Fsp3) is 0.423. The van der Waals surface area contributed by atoms with Crippen LogP contribution in [0.1, 0.15) is 81.5 Å². The van der Waals surface area contributed by atoms with Gasteiger partial charge in [-0.2, -0.15) is 0 Å². The van der Waals surface area contributed by atoms with Gasteiger partial charge in [0.2, 0.25) is 47.3 Å². The minimum atomic E-state index is -1.51. The summed E-state index contributed by atoms with van der Waals surface area (Å²) in [4.78, 5) is 127. The highest BCUT2D eigenvalue weighted by molar-refractivity contribution is 5.99. The number of aromatic amines is 2. The van der Waals surface area contributed by atoms with Crippen molar-refractivity contribution in [3.8, 4) is 0 Å². The molecule has 6 rings (SSSR count). The molecule has 7 atom stereocenters. The molecular formula is C52H69N15O8. The van der Waals surface area contributed by atoms with E-state index in [-0.39, 0.29) is 64.0 Å². The number of hydrogen-bond donors (Lipinski definition) is 13. The SMILES string of the molecule is CCCC[C@H](N)C(=O)N[C@H]1CC(=O)NCCCC[C@@H](C(N)=O)NC(=O)[C@H](Cc2c[nH]c3ccccc23)NC(=O)[C@H](CCCN=C(N)N)NC(=O)[C@@H](Cc2ccc3ccccc3c2)NC(=O)[C@H](Cc2cnc[nH]2)NC1=O. The molecule has 0 radical (unpaired) electrons. The summed E-state index contributed by atoms with van der Waals surface area (Å²) in [6.45, 7) is 2.08. The molecule has 23 nitrogen and oxygen atoms in total. The number of rotatable bonds is 16. The van der Waals surface area contributed by atoms with Crippen molar-refractivity contribution in [2.75, 3.05) is 13.1 Å². The van der Waals surface area contributed by atoms with Gasteiger partial charge < -0.3 is 70.1 Å². The number of H-pyrrole nitrogens is 2. The number of aromatic nitrogens is 3. The molecule has 75 heavy (non-hydrogen) atoms. The van der Waals surface area contributed by atoms with Crippen LogP contribution in [0.5, 0.6) is 0 Å². The van der Waals surface area contributed by atoms with Crippen LogP contribution in [-0.2, 0) is 57.6 Å². The lowest BCUT2D eigenvalue weighted by Crippen LogP contribution is -2.61. The van der Waals surface area contributed by atoms with Gasteiger partial charge in [-0.05, 0) is 66.5 Å². The molecule has 0 bridgehead atoms. The average molecular weight is 1030 g/mol. The van der Waals surface area contributed by atoms with Gasteiger partial charge in [0.1, 0.15) is 36.3 Å². The summed E-state index contributed by atoms with van der Waals surface area (Å²) in [5.74, 6) is -6.39. The van der Waals surface area contributed by atoms with Crippen LogP contribution in [0.15, 0.2) is 90.4 Å². The summed E-state index contributed by atoms with van der Waals surface area (Å²) < 4.78 is 0. The van der Waals surface area contributed by atoms with E-state index in [1.165, 1.54) is 12.5 Å². The van der Waals surface area contributed by atoms with Crippen molar-refractivity contribution >= 4 is 74.9 Å². The highest BCUT2D eigenvalue weighted by atomic mass is 16.2. The number of unbranched alkanes of at least 4 members (excludes halogenated alkanes) is 1. The average Bonchev–Trinajstić information content (AvgIpc) is 4.07. The molecule has 23 heteroatoms. The summed E-state index contributed by atoms with van der Waals surface area (Å²) in [6, 6.07) is 11.3. The first-order valence-electron chi connectivity index (χ1n) is 25.3. The Kier molecular flexibility index (Phi) is 20.6. The minimum Gasteiger partial charge on any atom is -0.370 e. The van der Waals surface area contributed by atoms with Gasteiger partial charge >= 0.3 is 0 Å². The number of amides is 8. The molecule has 8 amide bonds. The number of fused-ring (bicyclic) bond motifs is 2. The number of primary amides is 1. The fourth-order valence-electron chi connectivity index (χ4n) is 8.79. The quantitative estimate of drug-likeness (QED) is 0.0345. The number of aliphatic imine (C=N–C) groups is 1. The van der Waals surface area contributed by atoms with Crippen LogP contribution in [0.25, 0.3) is 21.7 Å². The number of carbonyl (C=O) groups is 8. The van der Waals surface area contributed by atoms with Gasteiger partial charge in [-0.25, -0.2) is 4.98 Å². The van der Waals surface area contributed by atoms with Crippen LogP contribution >= 0.6 is 0 Å². The van der Waals surface area contributed by atoms with Crippen LogP contribution in [0.3, 0.4) is 0 Å². The van der Waals surface area contributed by atoms with E-state index in [9.17, 15) is 38.4 Å². The largest absolute Gasteiger partial charge is 0.370 e. The predicted octanol–water partition coefficient (Wildman–Crippen LogP) is -0.273. The Labute approximate surface area is 433 Å². The molecule has 3 heterocycles. The fourth-order valence-corrected chi connectivity index (χ4v) is 8.79. The molecule has 0 saturated carbocycles. The highest BCUT2D eigenvalue weighted by Crippen LogP contribution is 2.21. The molecule has 0 aliphatic carbocycles. The van der Waals surface area contributed by atoms with Crippen molar-refractivity contribution in [3.05, 3.63) is 102 Å². The number of nitrogens with one attached hydrogen (secondary N) is 9. The first-order valence-corrected chi connectivity index (χ1v) is 25.3. The number of hydrogen-bond acceptors (Lipinski definition) is 11. The third kappa shape index (κ3) is 16.9. The van der Waals surface area contributed by atoms with E-state index in [4.69, 9.17) is 22.9 Å². The summed E-state index contributed by atoms with van der Waals surface area (Å²) >= 11 is 0. The lowest BCUT2D eigenvalue weighted by Gasteiger charge is -2.28. The number of imidazole rings is 1. The lowest BCUT2D eigenvalue weighted by molar-refractivity contribution is -0.136. The second-order valence-corrected chi connectivity index (χ2v) is 18.7. The number of nitrogens with zero attached hydrogens (tertiary/aromatic N) is 2. The molecule has 1 saturated heterocycles. The Bertz CT molecular complexity index is 2810. The van der Waals surface area contributed by atoms with E-state index in [1.54, 1.807) is 12.3 Å². The molecule has 3 aromatic carbocycles. The lowest BCUT2D eigenvalue weighted by atomic mass is 9.99. The van der Waals surface area contributed by atoms with Crippen molar-refractivity contribution in [1.82, 2.24) is 52.2 Å². The van der Waals surface area contributed by atoms with Crippen molar-refractivity contribution in [2.45, 2.75) is 126 Å². The van der Waals surface area contributed by atoms with E-state index in [2.05, 4.69) is 57.2 Å². The predicted molar refractivity (Wildman–Crippen MR) is 282 cm³/mol. The van der Waals surface area contributed by atoms with E-state index >= 15 is 0 Å². The Morgan fingerprint density at radius 2 is 1.41 bits per heavy atom. The minimum absolute atomic E-state index is 0.0448. The molecule has 0 unspecified atom stereocenters. The van der Waals surface area contributed by atoms with Crippen LogP contribution in [0.4, 0.5) is 0 Å². The van der Waals surface area contributed by atoms with Gasteiger partial charge in [-0.3, -0.25) is 43.3 Å². The summed E-state index contributed by atoms with van der Waals surface area (Å²) in [5, 5.41) is 21.7. The van der Waals surface area contributed by atoms with Gasteiger partial charge in [-0.15, -0.1) is 0 Å². The molecule has 2 aromatic heterocycles. The van der Waals surface area contributed by atoms with E-state index in [1.807, 2.05) is 67.6 Å². The Balaban J connectivity index is 1.40. The van der Waals surface area contributed by atoms with Gasteiger partial charge in [0.25, 0.3) is 0 Å². The first-order chi connectivity index (χ1) is 36.1. The second-order valence-electron chi connectivity index (χ2n) is 18.7. The maximum Gasteiger partial charge on any atom is 0.243 e. The molecular weight excluding hydrogens is 963 g/mol. The van der Waals surface area contributed by atoms with E-state index < -0.39 is 96.0 Å². The van der Waals surface area contributed by atoms with Gasteiger partial charge in [0.15, 0.2) is 5.96 Å². The van der Waals surface area contributed by atoms with Crippen molar-refractivity contribution in [2.24, 2.45) is 27.9 Å². The third-order valence-corrected chi connectivity index (χ3v) is 12.9. The zero-order chi connectivity index (χ0) is 53.9. The van der Waals surface area contributed by atoms with Crippen LogP contribution in [-0.4, -0.2) is 124 Å². The highest BCUT2D eigenvalue weighted by Gasteiger charge is 2.35. The zero-order valence-corrected chi connectivity index (χ0v) is 42.0. The number of nitrogens with two attached hydrogens (primary N) is 4. The van der Waals surface area contributed by atoms with Gasteiger partial charge in [0.05, 0.1) is 18.8 Å². The maximum atomic E-state index is 14.9. The van der Waals surface area contributed by atoms with Gasteiger partial charge in [0, 0.05) is 61.3 Å². The van der Waals surface area contributed by atoms with E-state index in [0.717, 1.165) is 28.1 Å². The first kappa shape index (κ1) is 56.0. The normalized spacial score (nSPS) is 21.4. The van der Waals surface area contributed by atoms with Crippen LogP contribution in [0.2, 0.25) is 0 Å². The van der Waals surface area contributed by atoms with E-state index in [0.29, 0.717) is 36.1 Å². The Morgan fingerprint density at radius 3 is 2.13 bits per heavy atom. The molecule has 1 aliphatic heterocycles. The molecule has 0 spiro atoms. The van der Waals surface area contributed by atoms with Gasteiger partial charge in [-0.1, -0.05) is 80.4 Å². The van der Waals surface area contributed by atoms with Crippen molar-refractivity contribution < 1.29 is 38.4 Å². The van der Waals surface area contributed by atoms with Crippen molar-refractivity contribution in [1.29, 1.82) is 0 Å². The number of para-hydroxylation sites is 1.